The average Bonchev–Trinajstić information content (AvgIpc) is 2.45. The Morgan fingerprint density at radius 1 is 1.63 bits per heavy atom. The Hall–Kier alpha value is -1.62. The van der Waals surface area contributed by atoms with Gasteiger partial charge in [-0.05, 0) is 25.8 Å². The van der Waals surface area contributed by atoms with Crippen LogP contribution >= 0.6 is 0 Å². The first-order valence-corrected chi connectivity index (χ1v) is 6.59. The third-order valence-corrected chi connectivity index (χ3v) is 3.44. The van der Waals surface area contributed by atoms with Crippen molar-refractivity contribution < 1.29 is 14.3 Å². The number of aromatic nitrogens is 1. The minimum Gasteiger partial charge on any atom is -0.481 e. The number of carbonyl (C=O) groups excluding carboxylic acids is 1. The predicted molar refractivity (Wildman–Crippen MR) is 70.8 cm³/mol. The Morgan fingerprint density at radius 3 is 3.21 bits per heavy atom. The molecule has 2 rings (SSSR count). The molecule has 0 unspecified atom stereocenters. The summed E-state index contributed by atoms with van der Waals surface area (Å²) in [4.78, 5) is 16.2. The number of rotatable bonds is 4. The maximum atomic E-state index is 12.1. The van der Waals surface area contributed by atoms with Crippen molar-refractivity contribution in [2.24, 2.45) is 5.92 Å². The highest BCUT2D eigenvalue weighted by Crippen LogP contribution is 2.21. The highest BCUT2D eigenvalue weighted by Gasteiger charge is 2.28. The number of methoxy groups -OCH3 is 1. The number of nitrogens with one attached hydrogen (secondary N) is 1. The molecule has 5 heteroatoms. The van der Waals surface area contributed by atoms with E-state index >= 15 is 0 Å². The SMILES string of the molecule is COc1ncccc1CNC(=O)[C@H]1CCCO[C@H]1C. The molecule has 1 N–H and O–H groups in total. The summed E-state index contributed by atoms with van der Waals surface area (Å²) in [5.74, 6) is 0.533. The molecule has 1 aromatic rings. The smallest absolute Gasteiger partial charge is 0.225 e. The lowest BCUT2D eigenvalue weighted by Gasteiger charge is -2.28. The molecule has 0 aliphatic carbocycles. The minimum absolute atomic E-state index is 0.00968. The summed E-state index contributed by atoms with van der Waals surface area (Å²) in [6, 6.07) is 3.73. The Kier molecular flexibility index (Phi) is 4.74. The van der Waals surface area contributed by atoms with Crippen LogP contribution in [0.25, 0.3) is 0 Å². The van der Waals surface area contributed by atoms with Gasteiger partial charge in [0.1, 0.15) is 0 Å². The van der Waals surface area contributed by atoms with E-state index in [9.17, 15) is 4.79 Å². The number of carbonyl (C=O) groups is 1. The van der Waals surface area contributed by atoms with Crippen molar-refractivity contribution >= 4 is 5.91 Å². The molecule has 2 atom stereocenters. The van der Waals surface area contributed by atoms with Crippen molar-refractivity contribution in [3.63, 3.8) is 0 Å². The van der Waals surface area contributed by atoms with Crippen LogP contribution in [0.2, 0.25) is 0 Å². The first-order chi connectivity index (χ1) is 9.22. The molecule has 1 fully saturated rings. The zero-order valence-corrected chi connectivity index (χ0v) is 11.4. The maximum absolute atomic E-state index is 12.1. The number of hydrogen-bond acceptors (Lipinski definition) is 4. The second-order valence-electron chi connectivity index (χ2n) is 4.71. The summed E-state index contributed by atoms with van der Waals surface area (Å²) < 4.78 is 10.7. The molecule has 1 aliphatic heterocycles. The van der Waals surface area contributed by atoms with Crippen LogP contribution in [0.1, 0.15) is 25.3 Å². The van der Waals surface area contributed by atoms with Gasteiger partial charge in [0.15, 0.2) is 0 Å². The van der Waals surface area contributed by atoms with Crippen molar-refractivity contribution in [2.45, 2.75) is 32.4 Å². The van der Waals surface area contributed by atoms with E-state index in [1.54, 1.807) is 13.3 Å². The minimum atomic E-state index is -0.0589. The van der Waals surface area contributed by atoms with Gasteiger partial charge < -0.3 is 14.8 Å². The molecule has 0 aromatic carbocycles. The second-order valence-corrected chi connectivity index (χ2v) is 4.71. The highest BCUT2D eigenvalue weighted by atomic mass is 16.5. The Morgan fingerprint density at radius 2 is 2.47 bits per heavy atom. The molecule has 1 saturated heterocycles. The van der Waals surface area contributed by atoms with Crippen molar-refractivity contribution in [3.05, 3.63) is 23.9 Å². The number of ether oxygens (including phenoxy) is 2. The van der Waals surface area contributed by atoms with E-state index in [1.165, 1.54) is 0 Å². The van der Waals surface area contributed by atoms with E-state index in [4.69, 9.17) is 9.47 Å². The van der Waals surface area contributed by atoms with Crippen LogP contribution in [0.3, 0.4) is 0 Å². The summed E-state index contributed by atoms with van der Waals surface area (Å²) in [5, 5.41) is 2.93. The van der Waals surface area contributed by atoms with Crippen LogP contribution < -0.4 is 10.1 Å². The van der Waals surface area contributed by atoms with E-state index in [-0.39, 0.29) is 17.9 Å². The fourth-order valence-corrected chi connectivity index (χ4v) is 2.32. The molecule has 0 spiro atoms. The van der Waals surface area contributed by atoms with Crippen molar-refractivity contribution in [2.75, 3.05) is 13.7 Å². The highest BCUT2D eigenvalue weighted by molar-refractivity contribution is 5.79. The fraction of sp³-hybridized carbons (Fsp3) is 0.571. The zero-order valence-electron chi connectivity index (χ0n) is 11.4. The summed E-state index contributed by atoms with van der Waals surface area (Å²) >= 11 is 0. The van der Waals surface area contributed by atoms with Gasteiger partial charge in [-0.3, -0.25) is 4.79 Å². The summed E-state index contributed by atoms with van der Waals surface area (Å²) in [6.45, 7) is 3.13. The predicted octanol–water partition coefficient (Wildman–Crippen LogP) is 1.52. The van der Waals surface area contributed by atoms with Gasteiger partial charge >= 0.3 is 0 Å². The molecule has 5 nitrogen and oxygen atoms in total. The van der Waals surface area contributed by atoms with Crippen LogP contribution in [0.4, 0.5) is 0 Å². The van der Waals surface area contributed by atoms with Gasteiger partial charge in [0.05, 0.1) is 19.1 Å². The Labute approximate surface area is 113 Å². The molecule has 0 bridgehead atoms. The molecular weight excluding hydrogens is 244 g/mol. The third-order valence-electron chi connectivity index (χ3n) is 3.44. The van der Waals surface area contributed by atoms with E-state index < -0.39 is 0 Å². The molecule has 1 aliphatic rings. The molecule has 0 radical (unpaired) electrons. The molecule has 2 heterocycles. The van der Waals surface area contributed by atoms with Crippen molar-refractivity contribution in [1.29, 1.82) is 0 Å². The number of hydrogen-bond donors (Lipinski definition) is 1. The first kappa shape index (κ1) is 13.8. The quantitative estimate of drug-likeness (QED) is 0.895. The van der Waals surface area contributed by atoms with Gasteiger partial charge in [0.25, 0.3) is 0 Å². The van der Waals surface area contributed by atoms with Gasteiger partial charge in [0, 0.05) is 24.9 Å². The average molecular weight is 264 g/mol. The topological polar surface area (TPSA) is 60.5 Å². The molecule has 104 valence electrons. The van der Waals surface area contributed by atoms with Crippen LogP contribution in [0, 0.1) is 5.92 Å². The van der Waals surface area contributed by atoms with Gasteiger partial charge in [-0.2, -0.15) is 0 Å². The van der Waals surface area contributed by atoms with Gasteiger partial charge in [0.2, 0.25) is 11.8 Å². The lowest BCUT2D eigenvalue weighted by atomic mass is 9.94. The molecule has 0 saturated carbocycles. The molecular formula is C14H20N2O3. The van der Waals surface area contributed by atoms with E-state index in [1.807, 2.05) is 19.1 Å². The summed E-state index contributed by atoms with van der Waals surface area (Å²) in [7, 11) is 1.57. The standard InChI is InChI=1S/C14H20N2O3/c1-10-12(6-4-8-19-10)13(17)16-9-11-5-3-7-15-14(11)18-2/h3,5,7,10,12H,4,6,8-9H2,1-2H3,(H,16,17)/t10-,12-/m0/s1. The third kappa shape index (κ3) is 3.44. The maximum Gasteiger partial charge on any atom is 0.225 e. The normalized spacial score (nSPS) is 22.8. The number of pyridine rings is 1. The van der Waals surface area contributed by atoms with Gasteiger partial charge in [-0.15, -0.1) is 0 Å². The molecule has 19 heavy (non-hydrogen) atoms. The van der Waals surface area contributed by atoms with Crippen LogP contribution in [-0.2, 0) is 16.1 Å². The lowest BCUT2D eigenvalue weighted by Crippen LogP contribution is -2.39. The summed E-state index contributed by atoms with van der Waals surface area (Å²) in [6.07, 6.45) is 3.49. The van der Waals surface area contributed by atoms with Crippen molar-refractivity contribution in [1.82, 2.24) is 10.3 Å². The number of amides is 1. The monoisotopic (exact) mass is 264 g/mol. The van der Waals surface area contributed by atoms with Crippen molar-refractivity contribution in [3.8, 4) is 5.88 Å². The molecule has 1 aromatic heterocycles. The number of nitrogens with zero attached hydrogens (tertiary/aromatic N) is 1. The fourth-order valence-electron chi connectivity index (χ4n) is 2.32. The van der Waals surface area contributed by atoms with Crippen LogP contribution in [0.5, 0.6) is 5.88 Å². The summed E-state index contributed by atoms with van der Waals surface area (Å²) in [5.41, 5.74) is 0.878. The van der Waals surface area contributed by atoms with E-state index in [0.29, 0.717) is 12.4 Å². The Bertz CT molecular complexity index is 436. The largest absolute Gasteiger partial charge is 0.481 e. The lowest BCUT2D eigenvalue weighted by molar-refractivity contribution is -0.133. The van der Waals surface area contributed by atoms with E-state index in [2.05, 4.69) is 10.3 Å². The first-order valence-electron chi connectivity index (χ1n) is 6.59. The van der Waals surface area contributed by atoms with Gasteiger partial charge in [-0.25, -0.2) is 4.98 Å². The van der Waals surface area contributed by atoms with Gasteiger partial charge in [-0.1, -0.05) is 6.07 Å². The van der Waals surface area contributed by atoms with Crippen LogP contribution in [-0.4, -0.2) is 30.7 Å². The van der Waals surface area contributed by atoms with E-state index in [0.717, 1.165) is 25.0 Å². The molecule has 1 amide bonds. The van der Waals surface area contributed by atoms with Crippen LogP contribution in [0.15, 0.2) is 18.3 Å². The Balaban J connectivity index is 1.92. The zero-order chi connectivity index (χ0) is 13.7. The second kappa shape index (κ2) is 6.52.